The van der Waals surface area contributed by atoms with Gasteiger partial charge in [-0.1, -0.05) is 30.3 Å². The summed E-state index contributed by atoms with van der Waals surface area (Å²) in [7, 11) is 0. The molecule has 2 heterocycles. The van der Waals surface area contributed by atoms with Crippen LogP contribution in [0.2, 0.25) is 0 Å². The number of rotatable bonds is 1. The third-order valence-corrected chi connectivity index (χ3v) is 4.11. The number of nitrogens with zero attached hydrogens (tertiary/aromatic N) is 2. The monoisotopic (exact) mass is 307 g/mol. The molecule has 2 aromatic carbocycles. The molecular weight excluding hydrogens is 290 g/mol. The number of nitrogens with one attached hydrogen (secondary N) is 1. The van der Waals surface area contributed by atoms with Crippen molar-refractivity contribution >= 4 is 21.9 Å². The maximum atomic E-state index is 10.5. The van der Waals surface area contributed by atoms with Crippen LogP contribution in [-0.2, 0) is 0 Å². The smallest absolute Gasteiger partial charge is 0.138 e. The van der Waals surface area contributed by atoms with Crippen LogP contribution in [0.1, 0.15) is 11.3 Å². The molecular formula is C18H17N3O2. The Morgan fingerprint density at radius 1 is 0.913 bits per heavy atom. The van der Waals surface area contributed by atoms with E-state index in [2.05, 4.69) is 15.0 Å². The van der Waals surface area contributed by atoms with Gasteiger partial charge in [0.15, 0.2) is 0 Å². The van der Waals surface area contributed by atoms with E-state index >= 15 is 0 Å². The second-order valence-electron chi connectivity index (χ2n) is 5.48. The highest BCUT2D eigenvalue weighted by Gasteiger charge is 2.14. The maximum Gasteiger partial charge on any atom is 0.138 e. The summed E-state index contributed by atoms with van der Waals surface area (Å²) < 4.78 is 0. The lowest BCUT2D eigenvalue weighted by Gasteiger charge is -2.07. The molecule has 116 valence electrons. The van der Waals surface area contributed by atoms with Crippen molar-refractivity contribution in [2.75, 3.05) is 0 Å². The number of hydrogen-bond acceptors (Lipinski definition) is 3. The van der Waals surface area contributed by atoms with Crippen LogP contribution in [0.4, 0.5) is 0 Å². The quantitative estimate of drug-likeness (QED) is 0.565. The van der Waals surface area contributed by atoms with Gasteiger partial charge in [0.25, 0.3) is 0 Å². The summed E-state index contributed by atoms with van der Waals surface area (Å²) in [6.45, 7) is 3.78. The zero-order chi connectivity index (χ0) is 15.3. The molecule has 0 unspecified atom stereocenters. The van der Waals surface area contributed by atoms with Crippen LogP contribution < -0.4 is 0 Å². The molecule has 0 amide bonds. The van der Waals surface area contributed by atoms with Crippen LogP contribution in [0.3, 0.4) is 0 Å². The van der Waals surface area contributed by atoms with Gasteiger partial charge >= 0.3 is 0 Å². The highest BCUT2D eigenvalue weighted by atomic mass is 16.3. The fourth-order valence-corrected chi connectivity index (χ4v) is 2.76. The largest absolute Gasteiger partial charge is 0.507 e. The zero-order valence-electron chi connectivity index (χ0n) is 12.9. The first-order chi connectivity index (χ1) is 10.6. The van der Waals surface area contributed by atoms with Crippen molar-refractivity contribution in [3.8, 4) is 17.1 Å². The van der Waals surface area contributed by atoms with E-state index in [4.69, 9.17) is 0 Å². The van der Waals surface area contributed by atoms with Crippen molar-refractivity contribution in [2.45, 2.75) is 13.8 Å². The van der Waals surface area contributed by atoms with Crippen LogP contribution in [-0.4, -0.2) is 25.5 Å². The normalized spacial score (nSPS) is 10.9. The summed E-state index contributed by atoms with van der Waals surface area (Å²) in [6.07, 6.45) is 0. The summed E-state index contributed by atoms with van der Waals surface area (Å²) in [6, 6.07) is 13.8. The fourth-order valence-electron chi connectivity index (χ4n) is 2.76. The highest BCUT2D eigenvalue weighted by molar-refractivity contribution is 6.07. The standard InChI is InChI=1S/C18H15N3O.H2O/c1-10-11(2)19-13-8-9-14-16(15(13)17(10)22)21-18(20-14)12-6-4-3-5-7-12;/h3-9H,1-2H3,(H,19,22)(H,20,21);1H2. The van der Waals surface area contributed by atoms with E-state index < -0.39 is 0 Å². The van der Waals surface area contributed by atoms with Gasteiger partial charge in [0.1, 0.15) is 11.6 Å². The van der Waals surface area contributed by atoms with Crippen molar-refractivity contribution < 1.29 is 10.6 Å². The lowest BCUT2D eigenvalue weighted by atomic mass is 10.1. The van der Waals surface area contributed by atoms with Crippen LogP contribution >= 0.6 is 0 Å². The maximum absolute atomic E-state index is 10.5. The Morgan fingerprint density at radius 3 is 2.35 bits per heavy atom. The van der Waals surface area contributed by atoms with Crippen molar-refractivity contribution in [1.29, 1.82) is 0 Å². The van der Waals surface area contributed by atoms with Crippen LogP contribution in [0.15, 0.2) is 42.5 Å². The van der Waals surface area contributed by atoms with E-state index in [1.807, 2.05) is 56.3 Å². The van der Waals surface area contributed by atoms with Gasteiger partial charge in [-0.25, -0.2) is 4.98 Å². The molecule has 4 N–H and O–H groups in total. The van der Waals surface area contributed by atoms with Gasteiger partial charge in [0.2, 0.25) is 0 Å². The highest BCUT2D eigenvalue weighted by Crippen LogP contribution is 2.34. The molecule has 0 atom stereocenters. The molecule has 4 aromatic rings. The molecule has 0 aliphatic carbocycles. The average Bonchev–Trinajstić information content (AvgIpc) is 2.97. The number of fused-ring (bicyclic) bond motifs is 3. The predicted octanol–water partition coefficient (Wildman–Crippen LogP) is 3.28. The molecule has 5 nitrogen and oxygen atoms in total. The number of imidazole rings is 1. The van der Waals surface area contributed by atoms with E-state index in [0.717, 1.165) is 44.6 Å². The number of hydrogen-bond donors (Lipinski definition) is 2. The molecule has 0 aliphatic heterocycles. The number of aromatic hydroxyl groups is 1. The van der Waals surface area contributed by atoms with E-state index in [1.165, 1.54) is 0 Å². The molecule has 0 spiro atoms. The minimum Gasteiger partial charge on any atom is -0.507 e. The van der Waals surface area contributed by atoms with Crippen molar-refractivity contribution in [3.63, 3.8) is 0 Å². The minimum absolute atomic E-state index is 0. The molecule has 0 aliphatic rings. The Balaban J connectivity index is 0.00000156. The summed E-state index contributed by atoms with van der Waals surface area (Å²) >= 11 is 0. The van der Waals surface area contributed by atoms with Gasteiger partial charge in [-0.05, 0) is 26.0 Å². The molecule has 0 fully saturated rings. The molecule has 0 radical (unpaired) electrons. The van der Waals surface area contributed by atoms with Gasteiger partial charge < -0.3 is 15.6 Å². The third kappa shape index (κ3) is 2.22. The second kappa shape index (κ2) is 5.37. The van der Waals surface area contributed by atoms with E-state index in [-0.39, 0.29) is 11.2 Å². The molecule has 0 saturated carbocycles. The molecule has 0 bridgehead atoms. The average molecular weight is 307 g/mol. The van der Waals surface area contributed by atoms with E-state index in [9.17, 15) is 5.11 Å². The molecule has 23 heavy (non-hydrogen) atoms. The number of aromatic nitrogens is 3. The first-order valence-corrected chi connectivity index (χ1v) is 7.19. The first-order valence-electron chi connectivity index (χ1n) is 7.19. The molecule has 5 heteroatoms. The molecule has 0 saturated heterocycles. The lowest BCUT2D eigenvalue weighted by molar-refractivity contribution is 0.476. The molecule has 2 aromatic heterocycles. The van der Waals surface area contributed by atoms with Gasteiger partial charge in [-0.15, -0.1) is 0 Å². The Morgan fingerprint density at radius 2 is 1.61 bits per heavy atom. The number of pyridine rings is 1. The van der Waals surface area contributed by atoms with E-state index in [0.29, 0.717) is 0 Å². The topological polar surface area (TPSA) is 93.3 Å². The minimum atomic E-state index is 0. The first kappa shape index (κ1) is 15.0. The van der Waals surface area contributed by atoms with Gasteiger partial charge in [-0.2, -0.15) is 0 Å². The summed E-state index contributed by atoms with van der Waals surface area (Å²) in [5, 5.41) is 11.3. The number of aryl methyl sites for hydroxylation is 1. The second-order valence-corrected chi connectivity index (χ2v) is 5.48. The van der Waals surface area contributed by atoms with Gasteiger partial charge in [-0.3, -0.25) is 4.98 Å². The summed E-state index contributed by atoms with van der Waals surface area (Å²) in [5.41, 5.74) is 5.08. The Kier molecular flexibility index (Phi) is 3.50. The van der Waals surface area contributed by atoms with Crippen LogP contribution in [0, 0.1) is 13.8 Å². The van der Waals surface area contributed by atoms with Gasteiger partial charge in [0.05, 0.1) is 21.9 Å². The fraction of sp³-hybridized carbons (Fsp3) is 0.111. The summed E-state index contributed by atoms with van der Waals surface area (Å²) in [4.78, 5) is 12.5. The number of aromatic amines is 1. The molecule has 4 rings (SSSR count). The zero-order valence-corrected chi connectivity index (χ0v) is 12.9. The Bertz CT molecular complexity index is 1010. The van der Waals surface area contributed by atoms with Crippen molar-refractivity contribution in [3.05, 3.63) is 53.7 Å². The van der Waals surface area contributed by atoms with Crippen LogP contribution in [0.5, 0.6) is 5.75 Å². The van der Waals surface area contributed by atoms with Gasteiger partial charge in [0, 0.05) is 16.8 Å². The Labute approximate surface area is 133 Å². The number of benzene rings is 2. The van der Waals surface area contributed by atoms with Crippen LogP contribution in [0.25, 0.3) is 33.3 Å². The Hall–Kier alpha value is -2.92. The SMILES string of the molecule is Cc1nc2ccc3nc(-c4ccccc4)[nH]c3c2c(O)c1C.O. The predicted molar refractivity (Wildman–Crippen MR) is 91.6 cm³/mol. The van der Waals surface area contributed by atoms with E-state index in [1.54, 1.807) is 0 Å². The number of H-pyrrole nitrogens is 1. The third-order valence-electron chi connectivity index (χ3n) is 4.11. The summed E-state index contributed by atoms with van der Waals surface area (Å²) in [5.74, 6) is 1.07. The lowest BCUT2D eigenvalue weighted by Crippen LogP contribution is -1.90. The van der Waals surface area contributed by atoms with Crippen molar-refractivity contribution in [1.82, 2.24) is 15.0 Å². The van der Waals surface area contributed by atoms with Crippen molar-refractivity contribution in [2.24, 2.45) is 0 Å².